The Morgan fingerprint density at radius 2 is 1.91 bits per heavy atom. The molecule has 0 spiro atoms. The third-order valence-corrected chi connectivity index (χ3v) is 3.90. The van der Waals surface area contributed by atoms with Crippen molar-refractivity contribution < 1.29 is 18.3 Å². The van der Waals surface area contributed by atoms with Crippen LogP contribution in [0.3, 0.4) is 0 Å². The van der Waals surface area contributed by atoms with E-state index < -0.39 is 11.6 Å². The fourth-order valence-corrected chi connectivity index (χ4v) is 2.72. The number of halogens is 2. The van der Waals surface area contributed by atoms with Crippen LogP contribution in [0.1, 0.15) is 15.9 Å². The highest BCUT2D eigenvalue weighted by molar-refractivity contribution is 5.94. The molecule has 3 nitrogen and oxygen atoms in total. The van der Waals surface area contributed by atoms with Crippen LogP contribution >= 0.6 is 0 Å². The van der Waals surface area contributed by atoms with Gasteiger partial charge in [-0.2, -0.15) is 0 Å². The van der Waals surface area contributed by atoms with Gasteiger partial charge in [-0.3, -0.25) is 4.79 Å². The van der Waals surface area contributed by atoms with Crippen molar-refractivity contribution in [3.63, 3.8) is 0 Å². The molecule has 3 rings (SSSR count). The molecule has 2 aromatic carbocycles. The van der Waals surface area contributed by atoms with Crippen molar-refractivity contribution in [1.82, 2.24) is 4.90 Å². The summed E-state index contributed by atoms with van der Waals surface area (Å²) >= 11 is 0. The van der Waals surface area contributed by atoms with Crippen LogP contribution in [0.25, 0.3) is 0 Å². The number of benzene rings is 2. The van der Waals surface area contributed by atoms with Crippen LogP contribution in [0.4, 0.5) is 8.78 Å². The first-order chi connectivity index (χ1) is 11.1. The van der Waals surface area contributed by atoms with E-state index in [1.165, 1.54) is 6.07 Å². The standard InChI is InChI=1S/C18H17F2NO2/c19-16-7-6-14(11-17(16)20)18(22)21-8-9-23-15(12-21)10-13-4-2-1-3-5-13/h1-7,11,15H,8-10,12H2. The van der Waals surface area contributed by atoms with Crippen LogP contribution in [0.2, 0.25) is 0 Å². The lowest BCUT2D eigenvalue weighted by molar-refractivity contribution is -0.0208. The molecular formula is C18H17F2NO2. The highest BCUT2D eigenvalue weighted by Gasteiger charge is 2.25. The molecule has 1 heterocycles. The molecule has 1 fully saturated rings. The number of ether oxygens (including phenoxy) is 1. The van der Waals surface area contributed by atoms with Gasteiger partial charge >= 0.3 is 0 Å². The molecule has 0 aliphatic carbocycles. The van der Waals surface area contributed by atoms with Crippen molar-refractivity contribution in [1.29, 1.82) is 0 Å². The number of hydrogen-bond donors (Lipinski definition) is 0. The van der Waals surface area contributed by atoms with Crippen LogP contribution in [-0.4, -0.2) is 36.6 Å². The molecular weight excluding hydrogens is 300 g/mol. The van der Waals surface area contributed by atoms with Gasteiger partial charge in [-0.1, -0.05) is 30.3 Å². The molecule has 1 amide bonds. The van der Waals surface area contributed by atoms with Gasteiger partial charge in [-0.25, -0.2) is 8.78 Å². The highest BCUT2D eigenvalue weighted by Crippen LogP contribution is 2.16. The Morgan fingerprint density at radius 3 is 2.65 bits per heavy atom. The van der Waals surface area contributed by atoms with E-state index in [4.69, 9.17) is 4.74 Å². The summed E-state index contributed by atoms with van der Waals surface area (Å²) in [7, 11) is 0. The number of hydrogen-bond acceptors (Lipinski definition) is 2. The fraction of sp³-hybridized carbons (Fsp3) is 0.278. The molecule has 2 aromatic rings. The van der Waals surface area contributed by atoms with E-state index in [1.807, 2.05) is 30.3 Å². The van der Waals surface area contributed by atoms with Gasteiger partial charge in [-0.15, -0.1) is 0 Å². The normalized spacial score (nSPS) is 18.0. The van der Waals surface area contributed by atoms with E-state index >= 15 is 0 Å². The van der Waals surface area contributed by atoms with E-state index in [2.05, 4.69) is 0 Å². The van der Waals surface area contributed by atoms with Crippen molar-refractivity contribution in [3.8, 4) is 0 Å². The molecule has 0 radical (unpaired) electrons. The van der Waals surface area contributed by atoms with Gasteiger partial charge < -0.3 is 9.64 Å². The van der Waals surface area contributed by atoms with Crippen LogP contribution in [0.5, 0.6) is 0 Å². The Hall–Kier alpha value is -2.27. The average molecular weight is 317 g/mol. The maximum absolute atomic E-state index is 13.3. The smallest absolute Gasteiger partial charge is 0.254 e. The minimum absolute atomic E-state index is 0.0969. The van der Waals surface area contributed by atoms with Crippen LogP contribution in [0.15, 0.2) is 48.5 Å². The number of carbonyl (C=O) groups excluding carboxylic acids is 1. The minimum Gasteiger partial charge on any atom is -0.374 e. The van der Waals surface area contributed by atoms with Gasteiger partial charge in [0, 0.05) is 25.1 Å². The van der Waals surface area contributed by atoms with E-state index in [-0.39, 0.29) is 17.6 Å². The molecule has 1 unspecified atom stereocenters. The van der Waals surface area contributed by atoms with Crippen molar-refractivity contribution in [2.24, 2.45) is 0 Å². The maximum Gasteiger partial charge on any atom is 0.254 e. The summed E-state index contributed by atoms with van der Waals surface area (Å²) in [5, 5.41) is 0. The molecule has 1 aliphatic heterocycles. The highest BCUT2D eigenvalue weighted by atomic mass is 19.2. The van der Waals surface area contributed by atoms with Gasteiger partial charge in [0.2, 0.25) is 0 Å². The first-order valence-electron chi connectivity index (χ1n) is 7.53. The Bertz CT molecular complexity index is 691. The van der Waals surface area contributed by atoms with Crippen LogP contribution < -0.4 is 0 Å². The SMILES string of the molecule is O=C(c1ccc(F)c(F)c1)N1CCOC(Cc2ccccc2)C1. The Labute approximate surface area is 133 Å². The third-order valence-electron chi connectivity index (χ3n) is 3.90. The van der Waals surface area contributed by atoms with Gasteiger partial charge in [0.05, 0.1) is 12.7 Å². The molecule has 0 aromatic heterocycles. The zero-order valence-corrected chi connectivity index (χ0v) is 12.5. The molecule has 0 bridgehead atoms. The zero-order chi connectivity index (χ0) is 16.2. The summed E-state index contributed by atoms with van der Waals surface area (Å²) in [6, 6.07) is 13.1. The van der Waals surface area contributed by atoms with E-state index in [0.717, 1.165) is 17.7 Å². The first kappa shape index (κ1) is 15.6. The van der Waals surface area contributed by atoms with Crippen molar-refractivity contribution >= 4 is 5.91 Å². The summed E-state index contributed by atoms with van der Waals surface area (Å²) in [5.74, 6) is -2.26. The number of carbonyl (C=O) groups is 1. The predicted octanol–water partition coefficient (Wildman–Crippen LogP) is 3.05. The molecule has 120 valence electrons. The summed E-state index contributed by atoms with van der Waals surface area (Å²) in [6.45, 7) is 1.32. The summed E-state index contributed by atoms with van der Waals surface area (Å²) in [6.07, 6.45) is 0.614. The molecule has 0 N–H and O–H groups in total. The summed E-state index contributed by atoms with van der Waals surface area (Å²) < 4.78 is 32.0. The van der Waals surface area contributed by atoms with Crippen molar-refractivity contribution in [2.75, 3.05) is 19.7 Å². The first-order valence-corrected chi connectivity index (χ1v) is 7.53. The van der Waals surface area contributed by atoms with Crippen LogP contribution in [-0.2, 0) is 11.2 Å². The second-order valence-electron chi connectivity index (χ2n) is 5.56. The molecule has 1 atom stereocenters. The van der Waals surface area contributed by atoms with E-state index in [0.29, 0.717) is 26.1 Å². The monoisotopic (exact) mass is 317 g/mol. The van der Waals surface area contributed by atoms with E-state index in [1.54, 1.807) is 4.90 Å². The lowest BCUT2D eigenvalue weighted by Crippen LogP contribution is -2.46. The number of rotatable bonds is 3. The van der Waals surface area contributed by atoms with Crippen molar-refractivity contribution in [3.05, 3.63) is 71.3 Å². The molecule has 1 aliphatic rings. The van der Waals surface area contributed by atoms with E-state index in [9.17, 15) is 13.6 Å². The Balaban J connectivity index is 1.68. The number of amides is 1. The maximum atomic E-state index is 13.3. The van der Waals surface area contributed by atoms with Crippen LogP contribution in [0, 0.1) is 11.6 Å². The Kier molecular flexibility index (Phi) is 4.67. The largest absolute Gasteiger partial charge is 0.374 e. The zero-order valence-electron chi connectivity index (χ0n) is 12.5. The van der Waals surface area contributed by atoms with Crippen molar-refractivity contribution in [2.45, 2.75) is 12.5 Å². The second-order valence-corrected chi connectivity index (χ2v) is 5.56. The summed E-state index contributed by atoms with van der Waals surface area (Å²) in [5.41, 5.74) is 1.30. The van der Waals surface area contributed by atoms with Gasteiger partial charge in [-0.05, 0) is 23.8 Å². The molecule has 23 heavy (non-hydrogen) atoms. The molecule has 5 heteroatoms. The lowest BCUT2D eigenvalue weighted by atomic mass is 10.1. The van der Waals surface area contributed by atoms with Gasteiger partial charge in [0.25, 0.3) is 5.91 Å². The summed E-state index contributed by atoms with van der Waals surface area (Å²) in [4.78, 5) is 14.1. The molecule has 0 saturated carbocycles. The number of morpholine rings is 1. The minimum atomic E-state index is -1.01. The fourth-order valence-electron chi connectivity index (χ4n) is 2.72. The second kappa shape index (κ2) is 6.87. The average Bonchev–Trinajstić information content (AvgIpc) is 2.58. The third kappa shape index (κ3) is 3.74. The number of nitrogens with zero attached hydrogens (tertiary/aromatic N) is 1. The molecule has 1 saturated heterocycles. The lowest BCUT2D eigenvalue weighted by Gasteiger charge is -2.33. The topological polar surface area (TPSA) is 29.5 Å². The van der Waals surface area contributed by atoms with Gasteiger partial charge in [0.1, 0.15) is 0 Å². The predicted molar refractivity (Wildman–Crippen MR) is 82.1 cm³/mol. The quantitative estimate of drug-likeness (QED) is 0.871. The van der Waals surface area contributed by atoms with Gasteiger partial charge in [0.15, 0.2) is 11.6 Å². The Morgan fingerprint density at radius 1 is 1.13 bits per heavy atom.